The minimum absolute atomic E-state index is 0.0818. The van der Waals surface area contributed by atoms with Gasteiger partial charge in [0.15, 0.2) is 9.84 Å². The van der Waals surface area contributed by atoms with Gasteiger partial charge in [0, 0.05) is 6.54 Å². The standard InChI is InChI=1S/C11H18N2O5S/c14-10(15)6-8-7-19(17,18)5-4-13(8)11(16)9-2-1-3-12-9/h8-9,12H,1-7H2,(H,14,15). The molecular formula is C11H18N2O5S. The van der Waals surface area contributed by atoms with Crippen molar-refractivity contribution in [2.24, 2.45) is 0 Å². The van der Waals surface area contributed by atoms with Gasteiger partial charge in [-0.3, -0.25) is 9.59 Å². The Kier molecular flexibility index (Phi) is 4.10. The predicted molar refractivity (Wildman–Crippen MR) is 67.4 cm³/mol. The summed E-state index contributed by atoms with van der Waals surface area (Å²) >= 11 is 0. The number of nitrogens with zero attached hydrogens (tertiary/aromatic N) is 1. The van der Waals surface area contributed by atoms with Crippen molar-refractivity contribution >= 4 is 21.7 Å². The molecule has 0 aromatic carbocycles. The van der Waals surface area contributed by atoms with Crippen LogP contribution in [0.5, 0.6) is 0 Å². The number of hydrogen-bond acceptors (Lipinski definition) is 5. The Labute approximate surface area is 111 Å². The van der Waals surface area contributed by atoms with E-state index in [0.717, 1.165) is 19.4 Å². The number of carboxylic acid groups (broad SMARTS) is 1. The van der Waals surface area contributed by atoms with Gasteiger partial charge in [0.25, 0.3) is 0 Å². The van der Waals surface area contributed by atoms with Crippen LogP contribution in [0.4, 0.5) is 0 Å². The first kappa shape index (κ1) is 14.3. The molecule has 0 radical (unpaired) electrons. The van der Waals surface area contributed by atoms with Crippen LogP contribution >= 0.6 is 0 Å². The number of carbonyl (C=O) groups excluding carboxylic acids is 1. The Morgan fingerprint density at radius 2 is 2.11 bits per heavy atom. The maximum atomic E-state index is 12.3. The van der Waals surface area contributed by atoms with E-state index in [1.54, 1.807) is 0 Å². The highest BCUT2D eigenvalue weighted by atomic mass is 32.2. The highest BCUT2D eigenvalue weighted by Crippen LogP contribution is 2.18. The van der Waals surface area contributed by atoms with E-state index < -0.39 is 21.8 Å². The molecule has 2 atom stereocenters. The second-order valence-corrected chi connectivity index (χ2v) is 7.28. The number of nitrogens with one attached hydrogen (secondary N) is 1. The third-order valence-electron chi connectivity index (χ3n) is 3.58. The molecule has 108 valence electrons. The number of sulfone groups is 1. The molecule has 7 nitrogen and oxygen atoms in total. The topological polar surface area (TPSA) is 104 Å². The van der Waals surface area contributed by atoms with Crippen LogP contribution in [-0.4, -0.2) is 67.0 Å². The van der Waals surface area contributed by atoms with Gasteiger partial charge in [-0.25, -0.2) is 8.42 Å². The maximum absolute atomic E-state index is 12.3. The number of carbonyl (C=O) groups is 2. The van der Waals surface area contributed by atoms with Gasteiger partial charge >= 0.3 is 5.97 Å². The molecule has 0 spiro atoms. The molecule has 2 saturated heterocycles. The third-order valence-corrected chi connectivity index (χ3v) is 5.28. The van der Waals surface area contributed by atoms with E-state index in [0.29, 0.717) is 0 Å². The number of amides is 1. The average molecular weight is 290 g/mol. The fourth-order valence-corrected chi connectivity index (χ4v) is 4.17. The van der Waals surface area contributed by atoms with Crippen LogP contribution in [0, 0.1) is 0 Å². The van der Waals surface area contributed by atoms with Gasteiger partial charge in [0.2, 0.25) is 5.91 Å². The van der Waals surface area contributed by atoms with Crippen LogP contribution in [-0.2, 0) is 19.4 Å². The van der Waals surface area contributed by atoms with E-state index in [9.17, 15) is 18.0 Å². The van der Waals surface area contributed by atoms with Gasteiger partial charge < -0.3 is 15.3 Å². The SMILES string of the molecule is O=C(O)CC1CS(=O)(=O)CCN1C(=O)C1CCCN1. The predicted octanol–water partition coefficient (Wildman–Crippen LogP) is -1.16. The van der Waals surface area contributed by atoms with E-state index in [-0.39, 0.29) is 36.4 Å². The highest BCUT2D eigenvalue weighted by Gasteiger charge is 2.38. The van der Waals surface area contributed by atoms with Crippen LogP contribution in [0.25, 0.3) is 0 Å². The smallest absolute Gasteiger partial charge is 0.305 e. The molecule has 0 bridgehead atoms. The third kappa shape index (κ3) is 3.44. The second kappa shape index (κ2) is 5.46. The highest BCUT2D eigenvalue weighted by molar-refractivity contribution is 7.91. The largest absolute Gasteiger partial charge is 0.481 e. The van der Waals surface area contributed by atoms with Crippen molar-refractivity contribution in [3.05, 3.63) is 0 Å². The van der Waals surface area contributed by atoms with Gasteiger partial charge in [0.1, 0.15) is 0 Å². The monoisotopic (exact) mass is 290 g/mol. The molecule has 2 rings (SSSR count). The average Bonchev–Trinajstić information content (AvgIpc) is 2.79. The number of aliphatic carboxylic acids is 1. The van der Waals surface area contributed by atoms with E-state index in [1.165, 1.54) is 4.90 Å². The summed E-state index contributed by atoms with van der Waals surface area (Å²) in [5.74, 6) is -1.59. The molecule has 2 N–H and O–H groups in total. The summed E-state index contributed by atoms with van der Waals surface area (Å²) in [6.45, 7) is 0.865. The van der Waals surface area contributed by atoms with Crippen molar-refractivity contribution in [1.82, 2.24) is 10.2 Å². The first-order valence-electron chi connectivity index (χ1n) is 6.35. The lowest BCUT2D eigenvalue weighted by Gasteiger charge is -2.36. The molecule has 2 unspecified atom stereocenters. The van der Waals surface area contributed by atoms with Crippen LogP contribution in [0.3, 0.4) is 0 Å². The summed E-state index contributed by atoms with van der Waals surface area (Å²) in [5.41, 5.74) is 0. The lowest BCUT2D eigenvalue weighted by Crippen LogP contribution is -2.56. The van der Waals surface area contributed by atoms with Crippen molar-refractivity contribution < 1.29 is 23.1 Å². The fourth-order valence-electron chi connectivity index (χ4n) is 2.64. The van der Waals surface area contributed by atoms with E-state index in [2.05, 4.69) is 5.32 Å². The molecule has 2 aliphatic heterocycles. The summed E-state index contributed by atoms with van der Waals surface area (Å²) in [6.07, 6.45) is 1.31. The Balaban J connectivity index is 2.11. The quantitative estimate of drug-likeness (QED) is 0.679. The Morgan fingerprint density at radius 3 is 2.68 bits per heavy atom. The zero-order valence-electron chi connectivity index (χ0n) is 10.5. The van der Waals surface area contributed by atoms with Gasteiger partial charge in [-0.2, -0.15) is 0 Å². The molecule has 0 saturated carbocycles. The van der Waals surface area contributed by atoms with Crippen molar-refractivity contribution in [2.45, 2.75) is 31.3 Å². The summed E-state index contributed by atoms with van der Waals surface area (Å²) in [4.78, 5) is 24.5. The Bertz CT molecular complexity index is 469. The van der Waals surface area contributed by atoms with Crippen LogP contribution < -0.4 is 5.32 Å². The zero-order chi connectivity index (χ0) is 14.0. The molecule has 0 aliphatic carbocycles. The summed E-state index contributed by atoms with van der Waals surface area (Å²) in [6, 6.07) is -1.04. The second-order valence-electron chi connectivity index (χ2n) is 5.05. The minimum Gasteiger partial charge on any atom is -0.481 e. The summed E-state index contributed by atoms with van der Waals surface area (Å²) in [7, 11) is -3.25. The molecule has 2 fully saturated rings. The molecule has 0 aromatic heterocycles. The fraction of sp³-hybridized carbons (Fsp3) is 0.818. The van der Waals surface area contributed by atoms with Gasteiger partial charge in [-0.05, 0) is 19.4 Å². The van der Waals surface area contributed by atoms with E-state index in [1.807, 2.05) is 0 Å². The molecule has 1 amide bonds. The van der Waals surface area contributed by atoms with Gasteiger partial charge in [-0.15, -0.1) is 0 Å². The van der Waals surface area contributed by atoms with Crippen LogP contribution in [0.15, 0.2) is 0 Å². The number of carboxylic acids is 1. The van der Waals surface area contributed by atoms with Crippen molar-refractivity contribution in [3.8, 4) is 0 Å². The molecular weight excluding hydrogens is 272 g/mol. The number of rotatable bonds is 3. The van der Waals surface area contributed by atoms with E-state index in [4.69, 9.17) is 5.11 Å². The van der Waals surface area contributed by atoms with Crippen molar-refractivity contribution in [1.29, 1.82) is 0 Å². The van der Waals surface area contributed by atoms with Crippen molar-refractivity contribution in [3.63, 3.8) is 0 Å². The van der Waals surface area contributed by atoms with Gasteiger partial charge in [0.05, 0.1) is 30.0 Å². The van der Waals surface area contributed by atoms with E-state index >= 15 is 0 Å². The minimum atomic E-state index is -3.25. The molecule has 19 heavy (non-hydrogen) atoms. The van der Waals surface area contributed by atoms with Crippen molar-refractivity contribution in [2.75, 3.05) is 24.6 Å². The first-order valence-corrected chi connectivity index (χ1v) is 8.17. The zero-order valence-corrected chi connectivity index (χ0v) is 11.4. The molecule has 2 heterocycles. The van der Waals surface area contributed by atoms with Crippen LogP contribution in [0.1, 0.15) is 19.3 Å². The van der Waals surface area contributed by atoms with Crippen LogP contribution in [0.2, 0.25) is 0 Å². The Hall–Kier alpha value is -1.15. The lowest BCUT2D eigenvalue weighted by molar-refractivity contribution is -0.141. The summed E-state index contributed by atoms with van der Waals surface area (Å²) < 4.78 is 23.2. The molecule has 0 aromatic rings. The normalized spacial score (nSPS) is 30.2. The van der Waals surface area contributed by atoms with Gasteiger partial charge in [-0.1, -0.05) is 0 Å². The Morgan fingerprint density at radius 1 is 1.37 bits per heavy atom. The summed E-state index contributed by atoms with van der Waals surface area (Å²) in [5, 5.41) is 11.9. The number of hydrogen-bond donors (Lipinski definition) is 2. The first-order chi connectivity index (χ1) is 8.89. The molecule has 2 aliphatic rings. The maximum Gasteiger partial charge on any atom is 0.305 e. The lowest BCUT2D eigenvalue weighted by atomic mass is 10.1. The molecule has 8 heteroatoms.